The van der Waals surface area contributed by atoms with Crippen molar-refractivity contribution in [2.75, 3.05) is 12.4 Å². The number of carbonyl (C=O) groups excluding carboxylic acids is 3. The highest BCUT2D eigenvalue weighted by Crippen LogP contribution is 2.24. The maximum absolute atomic E-state index is 12.6. The van der Waals surface area contributed by atoms with Gasteiger partial charge in [0.2, 0.25) is 5.91 Å². The van der Waals surface area contributed by atoms with E-state index >= 15 is 0 Å². The van der Waals surface area contributed by atoms with Crippen molar-refractivity contribution in [2.24, 2.45) is 5.92 Å². The first-order valence-corrected chi connectivity index (χ1v) is 11.9. The van der Waals surface area contributed by atoms with E-state index in [4.69, 9.17) is 4.74 Å². The second-order valence-electron chi connectivity index (χ2n) is 8.17. The first-order valence-electron chi connectivity index (χ1n) is 10.9. The lowest BCUT2D eigenvalue weighted by molar-refractivity contribution is -0.147. The van der Waals surface area contributed by atoms with E-state index in [1.807, 2.05) is 19.1 Å². The van der Waals surface area contributed by atoms with E-state index < -0.39 is 12.0 Å². The molecule has 1 unspecified atom stereocenters. The second-order valence-corrected chi connectivity index (χ2v) is 9.20. The zero-order valence-corrected chi connectivity index (χ0v) is 19.8. The first kappa shape index (κ1) is 26.2. The average Bonchev–Trinajstić information content (AvgIpc) is 2.69. The van der Waals surface area contributed by atoms with Crippen LogP contribution in [0.1, 0.15) is 77.3 Å². The van der Waals surface area contributed by atoms with Gasteiger partial charge < -0.3 is 10.1 Å². The number of carbonyl (C=O) groups is 3. The van der Waals surface area contributed by atoms with Crippen molar-refractivity contribution < 1.29 is 19.1 Å². The van der Waals surface area contributed by atoms with Gasteiger partial charge in [0.25, 0.3) is 0 Å². The van der Waals surface area contributed by atoms with Gasteiger partial charge in [0.1, 0.15) is 6.04 Å². The minimum absolute atomic E-state index is 0.0299. The lowest BCUT2D eigenvalue weighted by atomic mass is 9.97. The van der Waals surface area contributed by atoms with Crippen molar-refractivity contribution in [1.29, 1.82) is 0 Å². The molecule has 1 aromatic carbocycles. The Hall–Kier alpha value is -1.82. The molecule has 0 bridgehead atoms. The van der Waals surface area contributed by atoms with Crippen molar-refractivity contribution in [1.82, 2.24) is 5.32 Å². The highest BCUT2D eigenvalue weighted by molar-refractivity contribution is 8.13. The molecule has 0 spiro atoms. The monoisotopic (exact) mass is 435 g/mol. The van der Waals surface area contributed by atoms with E-state index in [9.17, 15) is 14.4 Å². The maximum Gasteiger partial charge on any atom is 0.329 e. The van der Waals surface area contributed by atoms with Gasteiger partial charge >= 0.3 is 5.97 Å². The lowest BCUT2D eigenvalue weighted by Gasteiger charge is -2.17. The highest BCUT2D eigenvalue weighted by atomic mass is 32.2. The van der Waals surface area contributed by atoms with E-state index in [1.54, 1.807) is 0 Å². The van der Waals surface area contributed by atoms with Crippen LogP contribution in [0.5, 0.6) is 0 Å². The number of nitrogens with one attached hydrogen (secondary N) is 1. The minimum atomic E-state index is -0.816. The van der Waals surface area contributed by atoms with Gasteiger partial charge in [0.15, 0.2) is 5.12 Å². The summed E-state index contributed by atoms with van der Waals surface area (Å²) >= 11 is 1.07. The molecule has 0 aromatic heterocycles. The Morgan fingerprint density at radius 2 is 1.70 bits per heavy atom. The molecule has 168 valence electrons. The van der Waals surface area contributed by atoms with Gasteiger partial charge in [-0.2, -0.15) is 0 Å². The van der Waals surface area contributed by atoms with Gasteiger partial charge in [0.05, 0.1) is 12.5 Å². The predicted molar refractivity (Wildman–Crippen MR) is 124 cm³/mol. The van der Waals surface area contributed by atoms with Gasteiger partial charge in [-0.25, -0.2) is 4.79 Å². The molecule has 0 heterocycles. The molecule has 1 rings (SSSR count). The summed E-state index contributed by atoms with van der Waals surface area (Å²) < 4.78 is 5.30. The smallest absolute Gasteiger partial charge is 0.329 e. The molecular weight excluding hydrogens is 398 g/mol. The van der Waals surface area contributed by atoms with Crippen LogP contribution in [-0.2, 0) is 25.5 Å². The number of ether oxygens (including phenoxy) is 1. The van der Waals surface area contributed by atoms with Crippen molar-refractivity contribution in [3.05, 3.63) is 35.4 Å². The summed E-state index contributed by atoms with van der Waals surface area (Å²) in [4.78, 5) is 36.4. The highest BCUT2D eigenvalue weighted by Gasteiger charge is 2.24. The van der Waals surface area contributed by atoms with Gasteiger partial charge in [-0.15, -0.1) is 0 Å². The SMILES string of the molecule is CCCCCCOC(=O)[C@H](CSC(=O)C(C)c1ccc(CC(C)C)cc1)NC(C)=O. The van der Waals surface area contributed by atoms with Crippen LogP contribution in [0.3, 0.4) is 0 Å². The topological polar surface area (TPSA) is 72.5 Å². The van der Waals surface area contributed by atoms with Crippen LogP contribution in [-0.4, -0.2) is 35.4 Å². The van der Waals surface area contributed by atoms with Crippen LogP contribution in [0.25, 0.3) is 0 Å². The molecule has 0 aliphatic rings. The third-order valence-corrected chi connectivity index (χ3v) is 5.91. The maximum atomic E-state index is 12.6. The summed E-state index contributed by atoms with van der Waals surface area (Å²) in [5, 5.41) is 2.57. The number of benzene rings is 1. The van der Waals surface area contributed by atoms with E-state index in [2.05, 4.69) is 38.2 Å². The summed E-state index contributed by atoms with van der Waals surface area (Å²) in [6.45, 7) is 10.0. The fourth-order valence-corrected chi connectivity index (χ4v) is 3.99. The molecule has 0 aliphatic heterocycles. The van der Waals surface area contributed by atoms with Crippen molar-refractivity contribution in [3.63, 3.8) is 0 Å². The van der Waals surface area contributed by atoms with Crippen LogP contribution in [0.2, 0.25) is 0 Å². The predicted octanol–water partition coefficient (Wildman–Crippen LogP) is 4.88. The number of hydrogen-bond donors (Lipinski definition) is 1. The van der Waals surface area contributed by atoms with E-state index in [0.717, 1.165) is 49.4 Å². The van der Waals surface area contributed by atoms with Crippen LogP contribution < -0.4 is 5.32 Å². The zero-order chi connectivity index (χ0) is 22.5. The Morgan fingerprint density at radius 1 is 1.03 bits per heavy atom. The lowest BCUT2D eigenvalue weighted by Crippen LogP contribution is -2.43. The van der Waals surface area contributed by atoms with Gasteiger partial charge in [0, 0.05) is 12.7 Å². The summed E-state index contributed by atoms with van der Waals surface area (Å²) in [5.74, 6) is -0.326. The molecular formula is C24H37NO4S. The molecule has 1 N–H and O–H groups in total. The molecule has 0 radical (unpaired) electrons. The molecule has 0 fully saturated rings. The fourth-order valence-electron chi connectivity index (χ4n) is 3.06. The van der Waals surface area contributed by atoms with Gasteiger partial charge in [-0.05, 0) is 29.9 Å². The number of esters is 1. The Labute approximate surface area is 185 Å². The first-order chi connectivity index (χ1) is 14.2. The quantitative estimate of drug-likeness (QED) is 0.353. The number of hydrogen-bond acceptors (Lipinski definition) is 5. The second kappa shape index (κ2) is 14.2. The van der Waals surface area contributed by atoms with Crippen LogP contribution in [0.4, 0.5) is 0 Å². The molecule has 0 aliphatic carbocycles. The third kappa shape index (κ3) is 10.3. The third-order valence-electron chi connectivity index (χ3n) is 4.77. The van der Waals surface area contributed by atoms with Crippen LogP contribution >= 0.6 is 11.8 Å². The van der Waals surface area contributed by atoms with Crippen LogP contribution in [0.15, 0.2) is 24.3 Å². The molecule has 30 heavy (non-hydrogen) atoms. The molecule has 1 amide bonds. The van der Waals surface area contributed by atoms with Crippen molar-refractivity contribution in [3.8, 4) is 0 Å². The van der Waals surface area contributed by atoms with Crippen molar-refractivity contribution >= 4 is 28.8 Å². The van der Waals surface area contributed by atoms with Crippen molar-refractivity contribution in [2.45, 2.75) is 78.7 Å². The Bertz CT molecular complexity index is 672. The molecule has 5 nitrogen and oxygen atoms in total. The van der Waals surface area contributed by atoms with Crippen LogP contribution in [0, 0.1) is 5.92 Å². The normalized spacial score (nSPS) is 13.0. The summed E-state index contributed by atoms with van der Waals surface area (Å²) in [6, 6.07) is 7.32. The summed E-state index contributed by atoms with van der Waals surface area (Å²) in [5.41, 5.74) is 2.21. The molecule has 0 saturated carbocycles. The Morgan fingerprint density at radius 3 is 2.27 bits per heavy atom. The zero-order valence-electron chi connectivity index (χ0n) is 19.0. The van der Waals surface area contributed by atoms with Gasteiger partial charge in [-0.3, -0.25) is 9.59 Å². The Balaban J connectivity index is 2.58. The standard InChI is InChI=1S/C24H37NO4S/c1-6-7-8-9-14-29-23(27)22(25-19(5)26)16-30-24(28)18(4)21-12-10-20(11-13-21)15-17(2)3/h10-13,17-18,22H,6-9,14-16H2,1-5H3,(H,25,26)/t18?,22-/m0/s1. The fraction of sp³-hybridized carbons (Fsp3) is 0.625. The molecule has 6 heteroatoms. The largest absolute Gasteiger partial charge is 0.464 e. The molecule has 0 saturated heterocycles. The minimum Gasteiger partial charge on any atom is -0.464 e. The number of rotatable bonds is 13. The number of amides is 1. The van der Waals surface area contributed by atoms with E-state index in [-0.39, 0.29) is 22.7 Å². The average molecular weight is 436 g/mol. The summed E-state index contributed by atoms with van der Waals surface area (Å²) in [7, 11) is 0. The Kier molecular flexibility index (Phi) is 12.4. The van der Waals surface area contributed by atoms with E-state index in [0.29, 0.717) is 12.5 Å². The summed E-state index contributed by atoms with van der Waals surface area (Å²) in [6.07, 6.45) is 5.04. The van der Waals surface area contributed by atoms with E-state index in [1.165, 1.54) is 12.5 Å². The molecule has 2 atom stereocenters. The number of unbranched alkanes of at least 4 members (excludes halogenated alkanes) is 3. The number of thioether (sulfide) groups is 1. The molecule has 1 aromatic rings. The van der Waals surface area contributed by atoms with Gasteiger partial charge in [-0.1, -0.05) is 83.0 Å².